The Morgan fingerprint density at radius 2 is 2.20 bits per heavy atom. The lowest BCUT2D eigenvalue weighted by molar-refractivity contribution is -0.140. The second-order valence-electron chi connectivity index (χ2n) is 6.45. The average Bonchev–Trinajstić information content (AvgIpc) is 2.96. The zero-order valence-corrected chi connectivity index (χ0v) is 15.4. The summed E-state index contributed by atoms with van der Waals surface area (Å²) in [6.07, 6.45) is 9.56. The predicted octanol–water partition coefficient (Wildman–Crippen LogP) is 2.58. The molecule has 1 rings (SSSR count). The molecule has 0 spiro atoms. The van der Waals surface area contributed by atoms with Crippen molar-refractivity contribution in [1.29, 1.82) is 0 Å². The molecule has 5 nitrogen and oxygen atoms in total. The summed E-state index contributed by atoms with van der Waals surface area (Å²) in [4.78, 5) is 22.9. The maximum atomic E-state index is 12.0. The number of aliphatic hydroxyl groups excluding tert-OH is 1. The maximum absolute atomic E-state index is 12.0. The molecule has 0 aromatic carbocycles. The number of hydrogen-bond donors (Lipinski definition) is 2. The third-order valence-electron chi connectivity index (χ3n) is 4.41. The van der Waals surface area contributed by atoms with Crippen LogP contribution in [-0.2, 0) is 14.3 Å². The molecule has 3 atom stereocenters. The summed E-state index contributed by atoms with van der Waals surface area (Å²) in [5.74, 6) is 5.80. The van der Waals surface area contributed by atoms with Crippen LogP contribution in [-0.4, -0.2) is 36.7 Å². The fourth-order valence-electron chi connectivity index (χ4n) is 2.80. The zero-order chi connectivity index (χ0) is 18.5. The number of carbonyl (C=O) groups excluding carboxylic acids is 2. The Hall–Kier alpha value is -1.80. The maximum Gasteiger partial charge on any atom is 0.305 e. The molecule has 5 heteroatoms. The number of carbonyl (C=O) groups is 2. The number of hydrogen-bond acceptors (Lipinski definition) is 4. The molecule has 140 valence electrons. The van der Waals surface area contributed by atoms with Gasteiger partial charge in [0.15, 0.2) is 0 Å². The Balaban J connectivity index is 2.38. The van der Waals surface area contributed by atoms with E-state index in [4.69, 9.17) is 0 Å². The minimum Gasteiger partial charge on any atom is -0.469 e. The van der Waals surface area contributed by atoms with Gasteiger partial charge in [0.25, 0.3) is 0 Å². The van der Waals surface area contributed by atoms with Crippen molar-refractivity contribution >= 4 is 11.9 Å². The molecule has 1 heterocycles. The smallest absolute Gasteiger partial charge is 0.305 e. The van der Waals surface area contributed by atoms with Crippen LogP contribution in [0.3, 0.4) is 0 Å². The van der Waals surface area contributed by atoms with E-state index in [1.807, 2.05) is 12.2 Å². The number of ether oxygens (including phenoxy) is 1. The summed E-state index contributed by atoms with van der Waals surface area (Å²) in [5.41, 5.74) is 0. The molecule has 25 heavy (non-hydrogen) atoms. The van der Waals surface area contributed by atoms with Crippen LogP contribution in [0, 0.1) is 23.7 Å². The average molecular weight is 349 g/mol. The number of amides is 1. The topological polar surface area (TPSA) is 75.6 Å². The van der Waals surface area contributed by atoms with Gasteiger partial charge in [0.2, 0.25) is 5.91 Å². The first-order chi connectivity index (χ1) is 12.1. The Morgan fingerprint density at radius 3 is 2.92 bits per heavy atom. The summed E-state index contributed by atoms with van der Waals surface area (Å²) in [7, 11) is 1.38. The first-order valence-corrected chi connectivity index (χ1v) is 9.25. The van der Waals surface area contributed by atoms with Crippen molar-refractivity contribution in [2.45, 2.75) is 64.4 Å². The summed E-state index contributed by atoms with van der Waals surface area (Å²) < 4.78 is 4.58. The van der Waals surface area contributed by atoms with Crippen molar-refractivity contribution in [3.63, 3.8) is 0 Å². The van der Waals surface area contributed by atoms with E-state index in [1.54, 1.807) is 0 Å². The Morgan fingerprint density at radius 1 is 1.40 bits per heavy atom. The van der Waals surface area contributed by atoms with E-state index in [9.17, 15) is 14.7 Å². The molecule has 1 fully saturated rings. The van der Waals surface area contributed by atoms with E-state index >= 15 is 0 Å². The Labute approximate surface area is 151 Å². The summed E-state index contributed by atoms with van der Waals surface area (Å²) in [5, 5.41) is 12.8. The van der Waals surface area contributed by atoms with Crippen LogP contribution in [0.4, 0.5) is 0 Å². The molecule has 0 saturated carbocycles. The van der Waals surface area contributed by atoms with Gasteiger partial charge in [0.05, 0.1) is 19.1 Å². The second-order valence-corrected chi connectivity index (χ2v) is 6.45. The lowest BCUT2D eigenvalue weighted by Crippen LogP contribution is -2.19. The van der Waals surface area contributed by atoms with Crippen LogP contribution in [0.25, 0.3) is 0 Å². The van der Waals surface area contributed by atoms with Crippen molar-refractivity contribution < 1.29 is 19.4 Å². The molecule has 1 aliphatic rings. The second kappa shape index (κ2) is 12.5. The zero-order valence-electron chi connectivity index (χ0n) is 15.4. The molecule has 0 aromatic rings. The summed E-state index contributed by atoms with van der Waals surface area (Å²) >= 11 is 0. The number of nitrogens with one attached hydrogen (secondary N) is 1. The summed E-state index contributed by atoms with van der Waals surface area (Å²) in [6, 6.07) is 0. The molecule has 0 aliphatic carbocycles. The standard InChI is InChI=1S/C20H31NO4/c1-3-4-7-10-17(22)14-13-16-15-21-20(24)18(16)11-8-5-6-9-12-19(23)25-2/h13-14,16-18,22H,3-4,6-7,9-12,15H2,1-2H3,(H,21,24)/b14-13+/t16-,17?,18+/m0/s1. The highest BCUT2D eigenvalue weighted by Crippen LogP contribution is 2.23. The first kappa shape index (κ1) is 21.2. The highest BCUT2D eigenvalue weighted by molar-refractivity contribution is 5.81. The SMILES string of the molecule is CCCCCC(O)/C=C/[C@H]1CNC(=O)[C@@H]1CC#CCCCC(=O)OC. The van der Waals surface area contributed by atoms with Crippen LogP contribution in [0.15, 0.2) is 12.2 Å². The molecular formula is C20H31NO4. The number of aliphatic hydroxyl groups is 1. The molecule has 2 N–H and O–H groups in total. The highest BCUT2D eigenvalue weighted by atomic mass is 16.5. The third kappa shape index (κ3) is 8.74. The molecule has 1 saturated heterocycles. The van der Waals surface area contributed by atoms with E-state index in [0.29, 0.717) is 32.2 Å². The minimum absolute atomic E-state index is 0.0268. The van der Waals surface area contributed by atoms with E-state index in [1.165, 1.54) is 7.11 Å². The van der Waals surface area contributed by atoms with Crippen molar-refractivity contribution in [3.8, 4) is 11.8 Å². The monoisotopic (exact) mass is 349 g/mol. The normalized spacial score (nSPS) is 20.8. The molecule has 0 radical (unpaired) electrons. The van der Waals surface area contributed by atoms with Crippen LogP contribution < -0.4 is 5.32 Å². The third-order valence-corrected chi connectivity index (χ3v) is 4.41. The van der Waals surface area contributed by atoms with Gasteiger partial charge in [-0.3, -0.25) is 9.59 Å². The molecule has 0 aromatic heterocycles. The van der Waals surface area contributed by atoms with Gasteiger partial charge in [-0.2, -0.15) is 0 Å². The van der Waals surface area contributed by atoms with E-state index in [-0.39, 0.29) is 23.7 Å². The van der Waals surface area contributed by atoms with Crippen LogP contribution in [0.5, 0.6) is 0 Å². The lowest BCUT2D eigenvalue weighted by atomic mass is 9.91. The van der Waals surface area contributed by atoms with Gasteiger partial charge in [-0.15, -0.1) is 11.8 Å². The van der Waals surface area contributed by atoms with Crippen LogP contribution in [0.2, 0.25) is 0 Å². The quantitative estimate of drug-likeness (QED) is 0.275. The Bertz CT molecular complexity index is 504. The van der Waals surface area contributed by atoms with Crippen molar-refractivity contribution in [3.05, 3.63) is 12.2 Å². The van der Waals surface area contributed by atoms with Crippen LogP contribution >= 0.6 is 0 Å². The lowest BCUT2D eigenvalue weighted by Gasteiger charge is -2.11. The number of methoxy groups -OCH3 is 1. The summed E-state index contributed by atoms with van der Waals surface area (Å²) in [6.45, 7) is 2.74. The van der Waals surface area contributed by atoms with Gasteiger partial charge < -0.3 is 15.2 Å². The number of esters is 1. The fraction of sp³-hybridized carbons (Fsp3) is 0.700. The van der Waals surface area contributed by atoms with Crippen molar-refractivity contribution in [2.75, 3.05) is 13.7 Å². The van der Waals surface area contributed by atoms with Gasteiger partial charge in [0, 0.05) is 31.7 Å². The van der Waals surface area contributed by atoms with Gasteiger partial charge in [-0.05, 0) is 12.8 Å². The highest BCUT2D eigenvalue weighted by Gasteiger charge is 2.32. The van der Waals surface area contributed by atoms with Gasteiger partial charge in [0.1, 0.15) is 0 Å². The molecule has 1 aliphatic heterocycles. The Kier molecular flexibility index (Phi) is 10.7. The van der Waals surface area contributed by atoms with E-state index in [0.717, 1.165) is 25.7 Å². The number of rotatable bonds is 10. The fourth-order valence-corrected chi connectivity index (χ4v) is 2.80. The van der Waals surface area contributed by atoms with Gasteiger partial charge in [-0.25, -0.2) is 0 Å². The van der Waals surface area contributed by atoms with E-state index in [2.05, 4.69) is 28.8 Å². The predicted molar refractivity (Wildman–Crippen MR) is 97.5 cm³/mol. The van der Waals surface area contributed by atoms with E-state index < -0.39 is 6.10 Å². The molecule has 1 amide bonds. The van der Waals surface area contributed by atoms with Crippen LogP contribution in [0.1, 0.15) is 58.3 Å². The number of unbranched alkanes of at least 4 members (excludes halogenated alkanes) is 3. The molecule has 1 unspecified atom stereocenters. The molecular weight excluding hydrogens is 318 g/mol. The minimum atomic E-state index is -0.438. The first-order valence-electron chi connectivity index (χ1n) is 9.25. The van der Waals surface area contributed by atoms with Gasteiger partial charge >= 0.3 is 5.97 Å². The molecule has 0 bridgehead atoms. The van der Waals surface area contributed by atoms with Crippen molar-refractivity contribution in [1.82, 2.24) is 5.32 Å². The van der Waals surface area contributed by atoms with Gasteiger partial charge in [-0.1, -0.05) is 38.3 Å². The largest absolute Gasteiger partial charge is 0.469 e. The van der Waals surface area contributed by atoms with Crippen molar-refractivity contribution in [2.24, 2.45) is 11.8 Å².